The molecule has 1 aliphatic rings. The molecule has 0 aromatic heterocycles. The predicted molar refractivity (Wildman–Crippen MR) is 102 cm³/mol. The number of esters is 1. The molecule has 9 heteroatoms. The van der Waals surface area contributed by atoms with Gasteiger partial charge >= 0.3 is 5.97 Å². The fraction of sp³-hybridized carbons (Fsp3) is 0.529. The molecule has 0 radical (unpaired) electrons. The van der Waals surface area contributed by atoms with Crippen molar-refractivity contribution in [2.75, 3.05) is 36.8 Å². The van der Waals surface area contributed by atoms with Crippen LogP contribution < -0.4 is 4.31 Å². The molecule has 1 saturated heterocycles. The van der Waals surface area contributed by atoms with Crippen molar-refractivity contribution in [3.63, 3.8) is 0 Å². The summed E-state index contributed by atoms with van der Waals surface area (Å²) in [7, 11) is -3.60. The number of halogens is 1. The minimum atomic E-state index is -3.60. The van der Waals surface area contributed by atoms with Gasteiger partial charge in [0.25, 0.3) is 0 Å². The van der Waals surface area contributed by atoms with Crippen molar-refractivity contribution in [1.82, 2.24) is 4.90 Å². The van der Waals surface area contributed by atoms with Crippen LogP contribution in [-0.2, 0) is 24.3 Å². The van der Waals surface area contributed by atoms with Crippen LogP contribution in [0.1, 0.15) is 19.8 Å². The monoisotopic (exact) mass is 446 g/mol. The van der Waals surface area contributed by atoms with E-state index >= 15 is 0 Å². The molecule has 1 aliphatic heterocycles. The van der Waals surface area contributed by atoms with Crippen molar-refractivity contribution in [2.24, 2.45) is 5.92 Å². The lowest BCUT2D eigenvalue weighted by Gasteiger charge is -2.32. The zero-order valence-corrected chi connectivity index (χ0v) is 17.3. The molecular formula is C17H23BrN2O5S. The molecule has 0 saturated carbocycles. The summed E-state index contributed by atoms with van der Waals surface area (Å²) in [6.45, 7) is 2.68. The largest absolute Gasteiger partial charge is 0.466 e. The van der Waals surface area contributed by atoms with Crippen LogP contribution in [0, 0.1) is 5.92 Å². The maximum atomic E-state index is 12.6. The van der Waals surface area contributed by atoms with Gasteiger partial charge in [-0.2, -0.15) is 0 Å². The first kappa shape index (κ1) is 20.7. The molecule has 1 aromatic carbocycles. The number of benzene rings is 1. The molecule has 0 aliphatic carbocycles. The molecule has 0 bridgehead atoms. The third kappa shape index (κ3) is 5.44. The van der Waals surface area contributed by atoms with E-state index in [1.54, 1.807) is 36.1 Å². The molecule has 0 N–H and O–H groups in total. The van der Waals surface area contributed by atoms with Crippen LogP contribution in [0.2, 0.25) is 0 Å². The second kappa shape index (κ2) is 8.85. The third-order valence-corrected chi connectivity index (χ3v) is 5.93. The summed E-state index contributed by atoms with van der Waals surface area (Å²) < 4.78 is 31.2. The topological polar surface area (TPSA) is 84.0 Å². The zero-order valence-electron chi connectivity index (χ0n) is 14.9. The van der Waals surface area contributed by atoms with Gasteiger partial charge in [-0.15, -0.1) is 0 Å². The number of carbonyl (C=O) groups excluding carboxylic acids is 2. The van der Waals surface area contributed by atoms with Crippen molar-refractivity contribution in [2.45, 2.75) is 19.8 Å². The van der Waals surface area contributed by atoms with E-state index in [1.165, 1.54) is 0 Å². The van der Waals surface area contributed by atoms with Gasteiger partial charge < -0.3 is 9.64 Å². The number of anilines is 1. The van der Waals surface area contributed by atoms with Crippen LogP contribution in [-0.4, -0.2) is 57.7 Å². The van der Waals surface area contributed by atoms with Crippen LogP contribution in [0.5, 0.6) is 0 Å². The number of rotatable bonds is 6. The second-order valence-electron chi connectivity index (χ2n) is 6.15. The molecule has 0 spiro atoms. The molecule has 0 unspecified atom stereocenters. The minimum absolute atomic E-state index is 0.198. The first-order valence-electron chi connectivity index (χ1n) is 8.40. The lowest BCUT2D eigenvalue weighted by atomic mass is 9.97. The SMILES string of the molecule is CCOC(=O)C1CCN(C(=O)CN(c2ccc(Br)cc2)S(C)(=O)=O)CC1. The first-order chi connectivity index (χ1) is 12.2. The van der Waals surface area contributed by atoms with Gasteiger partial charge in [0.15, 0.2) is 0 Å². The van der Waals surface area contributed by atoms with Crippen LogP contribution >= 0.6 is 15.9 Å². The number of likely N-dealkylation sites (tertiary alicyclic amines) is 1. The van der Waals surface area contributed by atoms with Crippen molar-refractivity contribution in [3.05, 3.63) is 28.7 Å². The Labute approximate surface area is 162 Å². The van der Waals surface area contributed by atoms with E-state index in [0.717, 1.165) is 15.0 Å². The Bertz CT molecular complexity index is 743. The Balaban J connectivity index is 2.02. The van der Waals surface area contributed by atoms with Crippen molar-refractivity contribution >= 4 is 43.5 Å². The summed E-state index contributed by atoms with van der Waals surface area (Å²) >= 11 is 3.31. The van der Waals surface area contributed by atoms with Crippen molar-refractivity contribution in [1.29, 1.82) is 0 Å². The molecule has 26 heavy (non-hydrogen) atoms. The first-order valence-corrected chi connectivity index (χ1v) is 11.0. The molecule has 1 amide bonds. The van der Waals surface area contributed by atoms with Gasteiger partial charge in [-0.25, -0.2) is 8.42 Å². The summed E-state index contributed by atoms with van der Waals surface area (Å²) in [5.74, 6) is -0.704. The number of piperidine rings is 1. The summed E-state index contributed by atoms with van der Waals surface area (Å²) in [5, 5.41) is 0. The Morgan fingerprint density at radius 1 is 1.23 bits per heavy atom. The number of ether oxygens (including phenoxy) is 1. The number of hydrogen-bond acceptors (Lipinski definition) is 5. The highest BCUT2D eigenvalue weighted by Crippen LogP contribution is 2.22. The second-order valence-corrected chi connectivity index (χ2v) is 8.98. The number of carbonyl (C=O) groups is 2. The molecule has 1 fully saturated rings. The van der Waals surface area contributed by atoms with E-state index in [1.807, 2.05) is 0 Å². The highest BCUT2D eigenvalue weighted by Gasteiger charge is 2.30. The van der Waals surface area contributed by atoms with Gasteiger partial charge in [0.05, 0.1) is 24.5 Å². The van der Waals surface area contributed by atoms with Gasteiger partial charge in [-0.1, -0.05) is 15.9 Å². The Morgan fingerprint density at radius 3 is 2.31 bits per heavy atom. The Hall–Kier alpha value is -1.61. The van der Waals surface area contributed by atoms with Crippen molar-refractivity contribution < 1.29 is 22.7 Å². The fourth-order valence-corrected chi connectivity index (χ4v) is 3.97. The number of amides is 1. The summed E-state index contributed by atoms with van der Waals surface area (Å²) in [6.07, 6.45) is 2.14. The fourth-order valence-electron chi connectivity index (χ4n) is 2.85. The number of hydrogen-bond donors (Lipinski definition) is 0. The molecular weight excluding hydrogens is 424 g/mol. The number of nitrogens with zero attached hydrogens (tertiary/aromatic N) is 2. The van der Waals surface area contributed by atoms with E-state index in [-0.39, 0.29) is 24.3 Å². The van der Waals surface area contributed by atoms with Crippen LogP contribution in [0.15, 0.2) is 28.7 Å². The quantitative estimate of drug-likeness (QED) is 0.624. The van der Waals surface area contributed by atoms with Crippen LogP contribution in [0.3, 0.4) is 0 Å². The molecule has 144 valence electrons. The molecule has 1 aromatic rings. The Kier molecular flexibility index (Phi) is 7.05. The van der Waals surface area contributed by atoms with Crippen LogP contribution in [0.4, 0.5) is 5.69 Å². The van der Waals surface area contributed by atoms with Crippen LogP contribution in [0.25, 0.3) is 0 Å². The van der Waals surface area contributed by atoms with Gasteiger partial charge in [-0.3, -0.25) is 13.9 Å². The zero-order chi connectivity index (χ0) is 19.3. The molecule has 7 nitrogen and oxygen atoms in total. The lowest BCUT2D eigenvalue weighted by Crippen LogP contribution is -2.46. The van der Waals surface area contributed by atoms with Gasteiger partial charge in [0.2, 0.25) is 15.9 Å². The van der Waals surface area contributed by atoms with E-state index in [4.69, 9.17) is 4.74 Å². The maximum absolute atomic E-state index is 12.6. The van der Waals surface area contributed by atoms with E-state index in [9.17, 15) is 18.0 Å². The van der Waals surface area contributed by atoms with E-state index in [0.29, 0.717) is 38.2 Å². The van der Waals surface area contributed by atoms with Crippen molar-refractivity contribution in [3.8, 4) is 0 Å². The molecule has 0 atom stereocenters. The smallest absolute Gasteiger partial charge is 0.309 e. The highest BCUT2D eigenvalue weighted by atomic mass is 79.9. The lowest BCUT2D eigenvalue weighted by molar-refractivity contribution is -0.151. The number of sulfonamides is 1. The highest BCUT2D eigenvalue weighted by molar-refractivity contribution is 9.10. The Morgan fingerprint density at radius 2 is 1.81 bits per heavy atom. The minimum Gasteiger partial charge on any atom is -0.466 e. The standard InChI is InChI=1S/C17H23BrN2O5S/c1-3-25-17(22)13-8-10-19(11-9-13)16(21)12-20(26(2,23)24)15-6-4-14(18)5-7-15/h4-7,13H,3,8-12H2,1-2H3. The average Bonchev–Trinajstić information content (AvgIpc) is 2.60. The predicted octanol–water partition coefficient (Wildman–Crippen LogP) is 2.02. The van der Waals surface area contributed by atoms with Gasteiger partial charge in [0.1, 0.15) is 6.54 Å². The molecule has 2 rings (SSSR count). The van der Waals surface area contributed by atoms with E-state index in [2.05, 4.69) is 15.9 Å². The van der Waals surface area contributed by atoms with Gasteiger partial charge in [-0.05, 0) is 44.0 Å². The van der Waals surface area contributed by atoms with E-state index < -0.39 is 10.0 Å². The summed E-state index contributed by atoms with van der Waals surface area (Å²) in [4.78, 5) is 26.0. The maximum Gasteiger partial charge on any atom is 0.309 e. The average molecular weight is 447 g/mol. The summed E-state index contributed by atoms with van der Waals surface area (Å²) in [5.41, 5.74) is 0.436. The summed E-state index contributed by atoms with van der Waals surface area (Å²) in [6, 6.07) is 6.74. The normalized spacial score (nSPS) is 15.6. The molecule has 1 heterocycles. The van der Waals surface area contributed by atoms with Gasteiger partial charge in [0, 0.05) is 17.6 Å². The third-order valence-electron chi connectivity index (χ3n) is 4.26.